The molecule has 2 amide bonds. The van der Waals surface area contributed by atoms with Crippen LogP contribution in [0.25, 0.3) is 22.2 Å². The molecule has 1 heterocycles. The summed E-state index contributed by atoms with van der Waals surface area (Å²) in [5, 5.41) is 14.0. The van der Waals surface area contributed by atoms with Gasteiger partial charge < -0.3 is 34.3 Å². The molecule has 1 aliphatic rings. The number of para-hydroxylation sites is 1. The minimum Gasteiger partial charge on any atom is -0.432 e. The highest BCUT2D eigenvalue weighted by atomic mass is 16.8. The van der Waals surface area contributed by atoms with Gasteiger partial charge >= 0.3 is 6.16 Å². The number of rotatable bonds is 21. The molecular formula is C45H61N5O9. The van der Waals surface area contributed by atoms with Gasteiger partial charge in [0.05, 0.1) is 35.6 Å². The third kappa shape index (κ3) is 12.3. The van der Waals surface area contributed by atoms with E-state index in [-0.39, 0.29) is 29.6 Å². The maximum Gasteiger partial charge on any atom is 0.535 e. The smallest absolute Gasteiger partial charge is 0.432 e. The average molecular weight is 816 g/mol. The standard InChI is InChI=1S/C45H61N5O9/c1-42(2,54-9)21-25-57-44(5,6)19-23-46-39(51)30-15-17-32-33-18-16-31(40(52)47-24-20-45(7,8)58-26-22-43(3,4)55-10)28-35(33)36(34(32)27-30)29-56-41(53)59-50-38-14-12-11-13-37(38)48-49-50/h11-18,27-28,36H,19-26,29H2,1-10H3,(H,46,51)(H,47,52). The summed E-state index contributed by atoms with van der Waals surface area (Å²) >= 11 is 0. The van der Waals surface area contributed by atoms with Crippen molar-refractivity contribution in [3.05, 3.63) is 82.9 Å². The van der Waals surface area contributed by atoms with Crippen molar-refractivity contribution in [2.24, 2.45) is 0 Å². The minimum absolute atomic E-state index is 0.127. The predicted molar refractivity (Wildman–Crippen MR) is 225 cm³/mol. The van der Waals surface area contributed by atoms with Crippen LogP contribution in [0.5, 0.6) is 0 Å². The van der Waals surface area contributed by atoms with Gasteiger partial charge in [-0.2, -0.15) is 0 Å². The van der Waals surface area contributed by atoms with Crippen molar-refractivity contribution in [1.82, 2.24) is 25.8 Å². The zero-order chi connectivity index (χ0) is 43.0. The maximum atomic E-state index is 13.5. The van der Waals surface area contributed by atoms with Gasteiger partial charge in [0.15, 0.2) is 0 Å². The lowest BCUT2D eigenvalue weighted by atomic mass is 9.95. The summed E-state index contributed by atoms with van der Waals surface area (Å²) in [4.78, 5) is 46.5. The molecule has 320 valence electrons. The molecule has 2 N–H and O–H groups in total. The summed E-state index contributed by atoms with van der Waals surface area (Å²) in [5.41, 5.74) is 3.79. The molecule has 4 aromatic rings. The number of benzene rings is 3. The first-order valence-electron chi connectivity index (χ1n) is 20.2. The normalized spacial score (nSPS) is 13.3. The number of methoxy groups -OCH3 is 2. The number of carbonyl (C=O) groups excluding carboxylic acids is 3. The van der Waals surface area contributed by atoms with Gasteiger partial charge in [-0.1, -0.05) is 29.1 Å². The Morgan fingerprint density at radius 2 is 1.15 bits per heavy atom. The number of aromatic nitrogens is 3. The lowest BCUT2D eigenvalue weighted by molar-refractivity contribution is -0.0611. The van der Waals surface area contributed by atoms with E-state index in [0.29, 0.717) is 61.3 Å². The van der Waals surface area contributed by atoms with Crippen LogP contribution < -0.4 is 15.5 Å². The molecule has 0 atom stereocenters. The SMILES string of the molecule is COC(C)(C)CCOC(C)(C)CCNC(=O)c1ccc2c(c1)C(COC(=O)On1nnc3ccccc31)c1cc(C(=O)NCCC(C)(C)OCCC(C)(C)OC)ccc1-2. The first kappa shape index (κ1) is 45.2. The van der Waals surface area contributed by atoms with E-state index in [1.54, 1.807) is 50.6 Å². The number of carbonyl (C=O) groups is 3. The highest BCUT2D eigenvalue weighted by Crippen LogP contribution is 2.46. The van der Waals surface area contributed by atoms with E-state index in [1.165, 1.54) is 0 Å². The Labute approximate surface area is 347 Å². The van der Waals surface area contributed by atoms with Crippen molar-refractivity contribution in [2.75, 3.05) is 47.1 Å². The van der Waals surface area contributed by atoms with Gasteiger partial charge in [-0.3, -0.25) is 14.4 Å². The van der Waals surface area contributed by atoms with Crippen molar-refractivity contribution < 1.29 is 42.9 Å². The zero-order valence-corrected chi connectivity index (χ0v) is 36.2. The van der Waals surface area contributed by atoms with Crippen LogP contribution in [0.3, 0.4) is 0 Å². The Bertz CT molecular complexity index is 1990. The fourth-order valence-electron chi connectivity index (χ4n) is 6.64. The zero-order valence-electron chi connectivity index (χ0n) is 36.2. The molecule has 0 spiro atoms. The molecule has 0 unspecified atom stereocenters. The third-order valence-corrected chi connectivity index (χ3v) is 11.0. The topological polar surface area (TPSA) is 161 Å². The third-order valence-electron chi connectivity index (χ3n) is 11.0. The molecule has 1 aromatic heterocycles. The predicted octanol–water partition coefficient (Wildman–Crippen LogP) is 7.27. The summed E-state index contributed by atoms with van der Waals surface area (Å²) in [6, 6.07) is 18.0. The molecule has 3 aromatic carbocycles. The molecule has 0 saturated heterocycles. The molecular weight excluding hydrogens is 755 g/mol. The molecule has 0 saturated carbocycles. The summed E-state index contributed by atoms with van der Waals surface area (Å²) in [7, 11) is 3.38. The van der Waals surface area contributed by atoms with E-state index in [9.17, 15) is 14.4 Å². The number of nitrogens with one attached hydrogen (secondary N) is 2. The number of hydrogen-bond acceptors (Lipinski definition) is 11. The van der Waals surface area contributed by atoms with E-state index in [1.807, 2.05) is 79.7 Å². The lowest BCUT2D eigenvalue weighted by Gasteiger charge is -2.29. The van der Waals surface area contributed by atoms with Crippen LogP contribution in [0, 0.1) is 0 Å². The Morgan fingerprint density at radius 1 is 0.661 bits per heavy atom. The van der Waals surface area contributed by atoms with Crippen LogP contribution in [-0.2, 0) is 23.7 Å². The number of hydrogen-bond donors (Lipinski definition) is 2. The number of ether oxygens (including phenoxy) is 5. The van der Waals surface area contributed by atoms with Gasteiger partial charge in [0.2, 0.25) is 0 Å². The Kier molecular flexibility index (Phi) is 14.6. The van der Waals surface area contributed by atoms with E-state index < -0.39 is 23.3 Å². The monoisotopic (exact) mass is 815 g/mol. The average Bonchev–Trinajstić information content (AvgIpc) is 3.73. The summed E-state index contributed by atoms with van der Waals surface area (Å²) in [6.07, 6.45) is 1.70. The molecule has 0 radical (unpaired) electrons. The van der Waals surface area contributed by atoms with E-state index in [4.69, 9.17) is 28.5 Å². The Morgan fingerprint density at radius 3 is 1.64 bits per heavy atom. The van der Waals surface area contributed by atoms with Gasteiger partial charge in [-0.15, -0.1) is 5.10 Å². The highest BCUT2D eigenvalue weighted by Gasteiger charge is 2.32. The molecule has 0 bridgehead atoms. The summed E-state index contributed by atoms with van der Waals surface area (Å²) in [5.74, 6) is -0.994. The Balaban J connectivity index is 1.28. The lowest BCUT2D eigenvalue weighted by Crippen LogP contribution is -2.34. The molecule has 5 rings (SSSR count). The van der Waals surface area contributed by atoms with E-state index >= 15 is 0 Å². The van der Waals surface area contributed by atoms with Crippen LogP contribution in [-0.4, -0.2) is 103 Å². The molecule has 14 heteroatoms. The minimum atomic E-state index is -0.982. The summed E-state index contributed by atoms with van der Waals surface area (Å²) in [6.45, 7) is 17.8. The van der Waals surface area contributed by atoms with Crippen LogP contribution in [0.1, 0.15) is 119 Å². The molecule has 59 heavy (non-hydrogen) atoms. The number of amides is 2. The van der Waals surface area contributed by atoms with Crippen LogP contribution >= 0.6 is 0 Å². The quantitative estimate of drug-likeness (QED) is 0.0643. The molecule has 0 aliphatic heterocycles. The number of nitrogens with zero attached hydrogens (tertiary/aromatic N) is 3. The van der Waals surface area contributed by atoms with Gasteiger partial charge in [0, 0.05) is 44.4 Å². The second kappa shape index (κ2) is 19.0. The second-order valence-corrected chi connectivity index (χ2v) is 17.4. The van der Waals surface area contributed by atoms with Crippen molar-refractivity contribution in [1.29, 1.82) is 0 Å². The molecule has 14 nitrogen and oxygen atoms in total. The van der Waals surface area contributed by atoms with Gasteiger partial charge in [0.25, 0.3) is 11.8 Å². The van der Waals surface area contributed by atoms with E-state index in [2.05, 4.69) is 20.9 Å². The fraction of sp³-hybridized carbons (Fsp3) is 0.533. The first-order valence-corrected chi connectivity index (χ1v) is 20.2. The van der Waals surface area contributed by atoms with Gasteiger partial charge in [0.1, 0.15) is 17.6 Å². The second-order valence-electron chi connectivity index (χ2n) is 17.4. The highest BCUT2D eigenvalue weighted by molar-refractivity contribution is 5.98. The Hall–Kier alpha value is -4.89. The number of fused-ring (bicyclic) bond motifs is 4. The van der Waals surface area contributed by atoms with E-state index in [0.717, 1.165) is 39.9 Å². The summed E-state index contributed by atoms with van der Waals surface area (Å²) < 4.78 is 28.9. The van der Waals surface area contributed by atoms with Crippen LogP contribution in [0.2, 0.25) is 0 Å². The van der Waals surface area contributed by atoms with Gasteiger partial charge in [-0.05, 0) is 145 Å². The van der Waals surface area contributed by atoms with Crippen molar-refractivity contribution >= 4 is 29.0 Å². The van der Waals surface area contributed by atoms with Crippen LogP contribution in [0.15, 0.2) is 60.7 Å². The molecule has 0 fully saturated rings. The van der Waals surface area contributed by atoms with Crippen LogP contribution in [0.4, 0.5) is 4.79 Å². The largest absolute Gasteiger partial charge is 0.535 e. The molecule has 1 aliphatic carbocycles. The maximum absolute atomic E-state index is 13.5. The van der Waals surface area contributed by atoms with Crippen molar-refractivity contribution in [3.8, 4) is 11.1 Å². The van der Waals surface area contributed by atoms with Gasteiger partial charge in [-0.25, -0.2) is 4.79 Å². The van der Waals surface area contributed by atoms with Crippen molar-refractivity contribution in [3.63, 3.8) is 0 Å². The van der Waals surface area contributed by atoms with Crippen molar-refractivity contribution in [2.45, 2.75) is 109 Å². The first-order chi connectivity index (χ1) is 27.8. The fourth-order valence-corrected chi connectivity index (χ4v) is 6.64.